The fourth-order valence-electron chi connectivity index (χ4n) is 2.25. The van der Waals surface area contributed by atoms with Crippen LogP contribution in [0.5, 0.6) is 0 Å². The summed E-state index contributed by atoms with van der Waals surface area (Å²) in [7, 11) is 0. The number of carbonyl (C=O) groups excluding carboxylic acids is 1. The maximum absolute atomic E-state index is 11.9. The van der Waals surface area contributed by atoms with Gasteiger partial charge in [-0.05, 0) is 38.5 Å². The molecule has 3 N–H and O–H groups in total. The van der Waals surface area contributed by atoms with Crippen LogP contribution >= 0.6 is 0 Å². The van der Waals surface area contributed by atoms with E-state index >= 15 is 0 Å². The van der Waals surface area contributed by atoms with E-state index in [1.165, 1.54) is 6.07 Å². The van der Waals surface area contributed by atoms with Crippen LogP contribution in [0.4, 0.5) is 11.6 Å². The number of aryl methyl sites for hydroxylation is 2. The van der Waals surface area contributed by atoms with Crippen molar-refractivity contribution in [3.05, 3.63) is 47.3 Å². The Labute approximate surface area is 140 Å². The lowest BCUT2D eigenvalue weighted by molar-refractivity contribution is -0.116. The largest absolute Gasteiger partial charge is 0.478 e. The minimum absolute atomic E-state index is 0.0765. The Kier molecular flexibility index (Phi) is 5.83. The molecule has 126 valence electrons. The van der Waals surface area contributed by atoms with Crippen molar-refractivity contribution in [2.45, 2.75) is 26.7 Å². The van der Waals surface area contributed by atoms with E-state index < -0.39 is 5.97 Å². The average Bonchev–Trinajstić information content (AvgIpc) is 2.51. The number of amides is 1. The number of anilines is 2. The molecule has 7 heteroatoms. The first-order valence-electron chi connectivity index (χ1n) is 7.64. The van der Waals surface area contributed by atoms with Crippen LogP contribution in [0.3, 0.4) is 0 Å². The zero-order valence-corrected chi connectivity index (χ0v) is 13.7. The number of nitrogens with one attached hydrogen (secondary N) is 2. The van der Waals surface area contributed by atoms with Crippen molar-refractivity contribution in [2.24, 2.45) is 0 Å². The molecule has 0 unspecified atom stereocenters. The van der Waals surface area contributed by atoms with Crippen LogP contribution in [0, 0.1) is 13.8 Å². The number of aromatic nitrogens is 2. The molecule has 0 atom stereocenters. The van der Waals surface area contributed by atoms with E-state index in [-0.39, 0.29) is 17.9 Å². The molecule has 2 aromatic rings. The molecule has 0 saturated heterocycles. The smallest absolute Gasteiger partial charge is 0.337 e. The van der Waals surface area contributed by atoms with Crippen LogP contribution in [0.15, 0.2) is 30.3 Å². The van der Waals surface area contributed by atoms with Gasteiger partial charge >= 0.3 is 5.97 Å². The van der Waals surface area contributed by atoms with Gasteiger partial charge in [-0.25, -0.2) is 14.8 Å². The molecule has 0 saturated carbocycles. The van der Waals surface area contributed by atoms with Gasteiger partial charge in [-0.15, -0.1) is 0 Å². The predicted octanol–water partition coefficient (Wildman–Crippen LogP) is 2.62. The summed E-state index contributed by atoms with van der Waals surface area (Å²) in [6.45, 7) is 4.34. The third-order valence-electron chi connectivity index (χ3n) is 3.28. The summed E-state index contributed by atoms with van der Waals surface area (Å²) in [4.78, 5) is 31.6. The molecule has 24 heavy (non-hydrogen) atoms. The molecule has 1 aromatic heterocycles. The first kappa shape index (κ1) is 17.4. The predicted molar refractivity (Wildman–Crippen MR) is 91.3 cm³/mol. The summed E-state index contributed by atoms with van der Waals surface area (Å²) in [5, 5.41) is 14.8. The summed E-state index contributed by atoms with van der Waals surface area (Å²) in [5.41, 5.74) is 2.15. The van der Waals surface area contributed by atoms with E-state index in [1.807, 2.05) is 19.9 Å². The Morgan fingerprint density at radius 3 is 2.46 bits per heavy atom. The molecule has 0 aliphatic rings. The highest BCUT2D eigenvalue weighted by molar-refractivity contribution is 6.00. The lowest BCUT2D eigenvalue weighted by Gasteiger charge is -2.09. The third kappa shape index (κ3) is 5.05. The van der Waals surface area contributed by atoms with E-state index in [4.69, 9.17) is 5.11 Å². The summed E-state index contributed by atoms with van der Waals surface area (Å²) < 4.78 is 0. The fraction of sp³-hybridized carbons (Fsp3) is 0.294. The Morgan fingerprint density at radius 2 is 1.79 bits per heavy atom. The van der Waals surface area contributed by atoms with Crippen molar-refractivity contribution in [3.8, 4) is 0 Å². The number of rotatable bonds is 7. The van der Waals surface area contributed by atoms with Crippen molar-refractivity contribution in [3.63, 3.8) is 0 Å². The van der Waals surface area contributed by atoms with Gasteiger partial charge in [0.05, 0.1) is 11.3 Å². The Balaban J connectivity index is 1.81. The number of carboxylic acids is 1. The third-order valence-corrected chi connectivity index (χ3v) is 3.28. The number of hydrogen-bond donors (Lipinski definition) is 3. The highest BCUT2D eigenvalue weighted by Crippen LogP contribution is 2.15. The first-order valence-corrected chi connectivity index (χ1v) is 7.64. The van der Waals surface area contributed by atoms with Crippen LogP contribution in [0.25, 0.3) is 0 Å². The number of carboxylic acid groups (broad SMARTS) is 1. The lowest BCUT2D eigenvalue weighted by atomic mass is 10.1. The van der Waals surface area contributed by atoms with Crippen molar-refractivity contribution >= 4 is 23.5 Å². The minimum Gasteiger partial charge on any atom is -0.478 e. The quantitative estimate of drug-likeness (QED) is 0.675. The van der Waals surface area contributed by atoms with Crippen molar-refractivity contribution in [1.29, 1.82) is 0 Å². The molecule has 0 aliphatic heterocycles. The van der Waals surface area contributed by atoms with E-state index in [0.29, 0.717) is 24.6 Å². The Hall–Kier alpha value is -2.96. The molecular formula is C17H20N4O3. The summed E-state index contributed by atoms with van der Waals surface area (Å²) in [6.07, 6.45) is 0.850. The topological polar surface area (TPSA) is 104 Å². The molecule has 1 aromatic carbocycles. The molecule has 0 fully saturated rings. The number of hydrogen-bond acceptors (Lipinski definition) is 5. The van der Waals surface area contributed by atoms with Crippen LogP contribution in [-0.4, -0.2) is 33.5 Å². The monoisotopic (exact) mass is 328 g/mol. The lowest BCUT2D eigenvalue weighted by Crippen LogP contribution is -2.16. The fourth-order valence-corrected chi connectivity index (χ4v) is 2.25. The van der Waals surface area contributed by atoms with Crippen molar-refractivity contribution in [2.75, 3.05) is 17.2 Å². The van der Waals surface area contributed by atoms with E-state index in [2.05, 4.69) is 20.6 Å². The second-order valence-corrected chi connectivity index (χ2v) is 5.40. The molecule has 1 heterocycles. The van der Waals surface area contributed by atoms with Gasteiger partial charge in [0.2, 0.25) is 11.9 Å². The average molecular weight is 328 g/mol. The number of aromatic carboxylic acids is 1. The van der Waals surface area contributed by atoms with E-state index in [0.717, 1.165) is 11.4 Å². The second kappa shape index (κ2) is 8.05. The van der Waals surface area contributed by atoms with Crippen LogP contribution in [0.2, 0.25) is 0 Å². The zero-order valence-electron chi connectivity index (χ0n) is 13.7. The first-order chi connectivity index (χ1) is 11.5. The van der Waals surface area contributed by atoms with Crippen LogP contribution < -0.4 is 10.6 Å². The van der Waals surface area contributed by atoms with Crippen molar-refractivity contribution < 1.29 is 14.7 Å². The van der Waals surface area contributed by atoms with E-state index in [9.17, 15) is 9.59 Å². The van der Waals surface area contributed by atoms with Gasteiger partial charge in [-0.3, -0.25) is 4.79 Å². The second-order valence-electron chi connectivity index (χ2n) is 5.40. The molecule has 1 amide bonds. The maximum Gasteiger partial charge on any atom is 0.337 e. The van der Waals surface area contributed by atoms with Crippen LogP contribution in [0.1, 0.15) is 34.6 Å². The highest BCUT2D eigenvalue weighted by Gasteiger charge is 2.11. The van der Waals surface area contributed by atoms with Crippen molar-refractivity contribution in [1.82, 2.24) is 9.97 Å². The number of carbonyl (C=O) groups is 2. The molecule has 0 aliphatic carbocycles. The standard InChI is InChI=1S/C17H20N4O3/c1-11-10-12(2)20-17(19-11)18-9-5-8-15(22)21-14-7-4-3-6-13(14)16(23)24/h3-4,6-7,10H,5,8-9H2,1-2H3,(H,21,22)(H,23,24)(H,18,19,20). The number of benzene rings is 1. The Bertz CT molecular complexity index is 726. The molecule has 2 rings (SSSR count). The van der Waals surface area contributed by atoms with Gasteiger partial charge in [-0.2, -0.15) is 0 Å². The molecular weight excluding hydrogens is 308 g/mol. The molecule has 0 bridgehead atoms. The minimum atomic E-state index is -1.07. The van der Waals surface area contributed by atoms with Gasteiger partial charge in [0.1, 0.15) is 0 Å². The zero-order chi connectivity index (χ0) is 17.5. The number of para-hydroxylation sites is 1. The summed E-state index contributed by atoms with van der Waals surface area (Å²) in [6, 6.07) is 8.21. The summed E-state index contributed by atoms with van der Waals surface area (Å²) in [5.74, 6) is -0.754. The Morgan fingerprint density at radius 1 is 1.12 bits per heavy atom. The summed E-state index contributed by atoms with van der Waals surface area (Å²) >= 11 is 0. The van der Waals surface area contributed by atoms with Gasteiger partial charge in [-0.1, -0.05) is 12.1 Å². The SMILES string of the molecule is Cc1cc(C)nc(NCCCC(=O)Nc2ccccc2C(=O)O)n1. The highest BCUT2D eigenvalue weighted by atomic mass is 16.4. The molecule has 7 nitrogen and oxygen atoms in total. The van der Waals surface area contributed by atoms with Gasteiger partial charge in [0.15, 0.2) is 0 Å². The normalized spacial score (nSPS) is 10.2. The molecule has 0 radical (unpaired) electrons. The molecule has 0 spiro atoms. The van der Waals surface area contributed by atoms with E-state index in [1.54, 1.807) is 18.2 Å². The maximum atomic E-state index is 11.9. The van der Waals surface area contributed by atoms with Gasteiger partial charge < -0.3 is 15.7 Å². The van der Waals surface area contributed by atoms with Crippen LogP contribution in [-0.2, 0) is 4.79 Å². The van der Waals surface area contributed by atoms with Gasteiger partial charge in [0, 0.05) is 24.4 Å². The van der Waals surface area contributed by atoms with Gasteiger partial charge in [0.25, 0.3) is 0 Å². The number of nitrogens with zero attached hydrogens (tertiary/aromatic N) is 2.